The number of piperazine rings is 1. The summed E-state index contributed by atoms with van der Waals surface area (Å²) in [6, 6.07) is 3.66. The van der Waals surface area contributed by atoms with Crippen molar-refractivity contribution >= 4 is 23.5 Å². The Balaban J connectivity index is 1.99. The normalized spacial score (nSPS) is 17.2. The van der Waals surface area contributed by atoms with Gasteiger partial charge in [0.05, 0.1) is 12.7 Å². The fourth-order valence-corrected chi connectivity index (χ4v) is 2.62. The van der Waals surface area contributed by atoms with E-state index in [-0.39, 0.29) is 28.5 Å². The van der Waals surface area contributed by atoms with Crippen LogP contribution >= 0.6 is 11.6 Å². The lowest BCUT2D eigenvalue weighted by molar-refractivity contribution is -0.146. The van der Waals surface area contributed by atoms with Crippen LogP contribution in [0.5, 0.6) is 0 Å². The number of halogens is 2. The van der Waals surface area contributed by atoms with Gasteiger partial charge in [0.2, 0.25) is 0 Å². The molecule has 0 aromatic heterocycles. The number of methoxy groups -OCH3 is 1. The maximum absolute atomic E-state index is 13.8. The number of carbonyl (C=O) groups is 2. The number of amides is 1. The van der Waals surface area contributed by atoms with E-state index in [1.807, 2.05) is 4.90 Å². The van der Waals surface area contributed by atoms with Gasteiger partial charge in [0, 0.05) is 31.2 Å². The van der Waals surface area contributed by atoms with E-state index in [4.69, 9.17) is 16.3 Å². The van der Waals surface area contributed by atoms with E-state index >= 15 is 0 Å². The fourth-order valence-electron chi connectivity index (χ4n) is 2.47. The van der Waals surface area contributed by atoms with Crippen LogP contribution in [0.4, 0.5) is 4.39 Å². The van der Waals surface area contributed by atoms with Crippen molar-refractivity contribution in [3.8, 4) is 0 Å². The Labute approximate surface area is 133 Å². The number of rotatable bonds is 3. The van der Waals surface area contributed by atoms with Crippen LogP contribution in [0.1, 0.15) is 17.3 Å². The molecule has 22 heavy (non-hydrogen) atoms. The molecule has 2 rings (SSSR count). The van der Waals surface area contributed by atoms with Gasteiger partial charge in [-0.25, -0.2) is 4.39 Å². The van der Waals surface area contributed by atoms with E-state index in [2.05, 4.69) is 0 Å². The molecule has 1 amide bonds. The monoisotopic (exact) mass is 328 g/mol. The van der Waals surface area contributed by atoms with Gasteiger partial charge < -0.3 is 9.64 Å². The van der Waals surface area contributed by atoms with E-state index in [1.165, 1.54) is 19.2 Å². The molecule has 120 valence electrons. The highest BCUT2D eigenvalue weighted by atomic mass is 35.5. The van der Waals surface area contributed by atoms with Gasteiger partial charge in [-0.2, -0.15) is 0 Å². The van der Waals surface area contributed by atoms with Crippen molar-refractivity contribution in [1.82, 2.24) is 9.80 Å². The van der Waals surface area contributed by atoms with E-state index < -0.39 is 5.82 Å². The van der Waals surface area contributed by atoms with Crippen LogP contribution < -0.4 is 0 Å². The lowest BCUT2D eigenvalue weighted by Crippen LogP contribution is -2.53. The molecule has 0 aliphatic carbocycles. The zero-order valence-electron chi connectivity index (χ0n) is 12.5. The molecule has 5 nitrogen and oxygen atoms in total. The van der Waals surface area contributed by atoms with Crippen LogP contribution in [-0.2, 0) is 9.53 Å². The highest BCUT2D eigenvalue weighted by Crippen LogP contribution is 2.17. The number of ether oxygens (including phenoxy) is 1. The van der Waals surface area contributed by atoms with Gasteiger partial charge in [-0.05, 0) is 25.1 Å². The summed E-state index contributed by atoms with van der Waals surface area (Å²) in [6.45, 7) is 3.71. The Bertz CT molecular complexity index is 574. The third-order valence-corrected chi connectivity index (χ3v) is 4.09. The molecule has 1 aromatic carbocycles. The number of esters is 1. The number of carbonyl (C=O) groups excluding carboxylic acids is 2. The molecule has 7 heteroatoms. The van der Waals surface area contributed by atoms with Crippen molar-refractivity contribution in [2.45, 2.75) is 13.0 Å². The topological polar surface area (TPSA) is 49.9 Å². The molecule has 1 aliphatic rings. The van der Waals surface area contributed by atoms with Crippen molar-refractivity contribution in [3.63, 3.8) is 0 Å². The predicted molar refractivity (Wildman–Crippen MR) is 80.4 cm³/mol. The Kier molecular flexibility index (Phi) is 5.37. The molecule has 1 aromatic rings. The number of nitrogens with zero attached hydrogens (tertiary/aromatic N) is 2. The largest absolute Gasteiger partial charge is 0.468 e. The van der Waals surface area contributed by atoms with Gasteiger partial charge in [-0.3, -0.25) is 14.5 Å². The van der Waals surface area contributed by atoms with E-state index in [0.29, 0.717) is 26.2 Å². The molecule has 1 heterocycles. The van der Waals surface area contributed by atoms with Gasteiger partial charge >= 0.3 is 5.97 Å². The van der Waals surface area contributed by atoms with Gasteiger partial charge in [0.15, 0.2) is 0 Å². The summed E-state index contributed by atoms with van der Waals surface area (Å²) in [5, 5.41) is 0.255. The lowest BCUT2D eigenvalue weighted by atomic mass is 10.1. The third kappa shape index (κ3) is 3.56. The smallest absolute Gasteiger partial charge is 0.322 e. The van der Waals surface area contributed by atoms with Crippen LogP contribution in [0.2, 0.25) is 5.02 Å². The minimum atomic E-state index is -0.622. The number of benzene rings is 1. The molecule has 0 bridgehead atoms. The molecular weight excluding hydrogens is 311 g/mol. The van der Waals surface area contributed by atoms with Crippen molar-refractivity contribution in [1.29, 1.82) is 0 Å². The lowest BCUT2D eigenvalue weighted by Gasteiger charge is -2.37. The van der Waals surface area contributed by atoms with E-state index in [0.717, 1.165) is 6.07 Å². The minimum Gasteiger partial charge on any atom is -0.468 e. The second kappa shape index (κ2) is 7.07. The van der Waals surface area contributed by atoms with E-state index in [9.17, 15) is 14.0 Å². The standard InChI is InChI=1S/C15H18ClFN2O3/c1-10(15(21)22-2)18-5-7-19(8-6-18)14(20)12-4-3-11(16)9-13(12)17/h3-4,9-10H,5-8H2,1-2H3. The fraction of sp³-hybridized carbons (Fsp3) is 0.467. The Morgan fingerprint density at radius 3 is 2.45 bits per heavy atom. The number of hydrogen-bond donors (Lipinski definition) is 0. The van der Waals surface area contributed by atoms with Crippen molar-refractivity contribution < 1.29 is 18.7 Å². The molecule has 1 aliphatic heterocycles. The molecule has 0 saturated carbocycles. The molecule has 1 fully saturated rings. The maximum atomic E-state index is 13.8. The summed E-state index contributed by atoms with van der Waals surface area (Å²) >= 11 is 5.69. The summed E-state index contributed by atoms with van der Waals surface area (Å²) in [6.07, 6.45) is 0. The van der Waals surface area contributed by atoms with Crippen molar-refractivity contribution in [3.05, 3.63) is 34.6 Å². The van der Waals surface area contributed by atoms with Crippen LogP contribution in [0.15, 0.2) is 18.2 Å². The van der Waals surface area contributed by atoms with Crippen molar-refractivity contribution in [2.75, 3.05) is 33.3 Å². The molecule has 1 saturated heterocycles. The van der Waals surface area contributed by atoms with Crippen molar-refractivity contribution in [2.24, 2.45) is 0 Å². The first kappa shape index (κ1) is 16.7. The van der Waals surface area contributed by atoms with Crippen LogP contribution in [0.25, 0.3) is 0 Å². The summed E-state index contributed by atoms with van der Waals surface area (Å²) in [5.41, 5.74) is 0.0128. The van der Waals surface area contributed by atoms with Gasteiger partial charge in [0.25, 0.3) is 5.91 Å². The average Bonchev–Trinajstić information content (AvgIpc) is 2.53. The Morgan fingerprint density at radius 1 is 1.27 bits per heavy atom. The molecule has 0 spiro atoms. The highest BCUT2D eigenvalue weighted by molar-refractivity contribution is 6.30. The zero-order chi connectivity index (χ0) is 16.3. The van der Waals surface area contributed by atoms with Gasteiger partial charge in [-0.15, -0.1) is 0 Å². The second-order valence-electron chi connectivity index (χ2n) is 5.15. The first-order chi connectivity index (χ1) is 10.4. The zero-order valence-corrected chi connectivity index (χ0v) is 13.3. The van der Waals surface area contributed by atoms with Gasteiger partial charge in [-0.1, -0.05) is 11.6 Å². The average molecular weight is 329 g/mol. The molecule has 1 unspecified atom stereocenters. The highest BCUT2D eigenvalue weighted by Gasteiger charge is 2.29. The molecule has 0 N–H and O–H groups in total. The first-order valence-corrected chi connectivity index (χ1v) is 7.38. The summed E-state index contributed by atoms with van der Waals surface area (Å²) in [4.78, 5) is 27.4. The van der Waals surface area contributed by atoms with E-state index in [1.54, 1.807) is 11.8 Å². The SMILES string of the molecule is COC(=O)C(C)N1CCN(C(=O)c2ccc(Cl)cc2F)CC1. The second-order valence-corrected chi connectivity index (χ2v) is 5.59. The third-order valence-electron chi connectivity index (χ3n) is 3.85. The molecule has 0 radical (unpaired) electrons. The van der Waals surface area contributed by atoms with Crippen LogP contribution in [0, 0.1) is 5.82 Å². The maximum Gasteiger partial charge on any atom is 0.322 e. The quantitative estimate of drug-likeness (QED) is 0.794. The molecular formula is C15H18ClFN2O3. The minimum absolute atomic E-state index is 0.0128. The first-order valence-electron chi connectivity index (χ1n) is 7.00. The summed E-state index contributed by atoms with van der Waals surface area (Å²) < 4.78 is 18.5. The van der Waals surface area contributed by atoms with Crippen LogP contribution in [-0.4, -0.2) is 61.0 Å². The summed E-state index contributed by atoms with van der Waals surface area (Å²) in [7, 11) is 1.35. The number of hydrogen-bond acceptors (Lipinski definition) is 4. The van der Waals surface area contributed by atoms with Gasteiger partial charge in [0.1, 0.15) is 11.9 Å². The predicted octanol–water partition coefficient (Wildman–Crippen LogP) is 1.80. The Morgan fingerprint density at radius 2 is 1.91 bits per heavy atom. The Hall–Kier alpha value is -1.66. The molecule has 1 atom stereocenters. The van der Waals surface area contributed by atoms with Crippen LogP contribution in [0.3, 0.4) is 0 Å². The summed E-state index contributed by atoms with van der Waals surface area (Å²) in [5.74, 6) is -1.29.